The Hall–Kier alpha value is -0.970. The molecular formula is C12H21N3O. The van der Waals surface area contributed by atoms with Gasteiger partial charge in [-0.05, 0) is 31.2 Å². The monoisotopic (exact) mass is 223 g/mol. The molecule has 0 amide bonds. The van der Waals surface area contributed by atoms with Crippen LogP contribution in [0.1, 0.15) is 5.56 Å². The average molecular weight is 223 g/mol. The number of aromatic nitrogens is 1. The van der Waals surface area contributed by atoms with Gasteiger partial charge in [-0.3, -0.25) is 9.88 Å². The van der Waals surface area contributed by atoms with Gasteiger partial charge in [0.2, 0.25) is 0 Å². The summed E-state index contributed by atoms with van der Waals surface area (Å²) in [6.45, 7) is 2.29. The predicted octanol–water partition coefficient (Wildman–Crippen LogP) is 0.530. The maximum atomic E-state index is 5.70. The van der Waals surface area contributed by atoms with Gasteiger partial charge in [0.05, 0.1) is 6.61 Å². The Morgan fingerprint density at radius 2 is 2.12 bits per heavy atom. The summed E-state index contributed by atoms with van der Waals surface area (Å²) in [5.41, 5.74) is 7.00. The molecule has 90 valence electrons. The van der Waals surface area contributed by atoms with Crippen molar-refractivity contribution in [2.45, 2.75) is 12.5 Å². The molecule has 4 heteroatoms. The molecule has 1 unspecified atom stereocenters. The van der Waals surface area contributed by atoms with Crippen LogP contribution in [-0.2, 0) is 11.2 Å². The quantitative estimate of drug-likeness (QED) is 0.732. The molecule has 0 aliphatic heterocycles. The Kier molecular flexibility index (Phi) is 6.00. The molecule has 16 heavy (non-hydrogen) atoms. The van der Waals surface area contributed by atoms with E-state index in [9.17, 15) is 0 Å². The van der Waals surface area contributed by atoms with Crippen molar-refractivity contribution in [3.8, 4) is 0 Å². The summed E-state index contributed by atoms with van der Waals surface area (Å²) in [6, 6.07) is 4.38. The zero-order valence-corrected chi connectivity index (χ0v) is 10.1. The van der Waals surface area contributed by atoms with Gasteiger partial charge in [-0.2, -0.15) is 0 Å². The van der Waals surface area contributed by atoms with Crippen LogP contribution in [0.2, 0.25) is 0 Å². The molecule has 0 saturated heterocycles. The van der Waals surface area contributed by atoms with Crippen molar-refractivity contribution in [1.82, 2.24) is 9.88 Å². The summed E-state index contributed by atoms with van der Waals surface area (Å²) in [4.78, 5) is 6.24. The molecule has 1 atom stereocenters. The van der Waals surface area contributed by atoms with Crippen LogP contribution >= 0.6 is 0 Å². The average Bonchev–Trinajstić information content (AvgIpc) is 2.34. The Bertz CT molecular complexity index is 279. The molecular weight excluding hydrogens is 202 g/mol. The summed E-state index contributed by atoms with van der Waals surface area (Å²) in [5, 5.41) is 0. The van der Waals surface area contributed by atoms with Crippen molar-refractivity contribution in [3.63, 3.8) is 0 Å². The zero-order chi connectivity index (χ0) is 11.8. The first kappa shape index (κ1) is 13.1. The SMILES string of the molecule is COCC(CN)N(C)CCc1ccncc1. The maximum Gasteiger partial charge on any atom is 0.0630 e. The lowest BCUT2D eigenvalue weighted by Crippen LogP contribution is -2.42. The minimum atomic E-state index is 0.298. The normalized spacial score (nSPS) is 13.0. The Morgan fingerprint density at radius 1 is 1.44 bits per heavy atom. The van der Waals surface area contributed by atoms with Crippen LogP contribution in [0.15, 0.2) is 24.5 Å². The van der Waals surface area contributed by atoms with Crippen LogP contribution in [0.4, 0.5) is 0 Å². The second-order valence-electron chi connectivity index (χ2n) is 3.93. The molecule has 2 N–H and O–H groups in total. The number of pyridine rings is 1. The van der Waals surface area contributed by atoms with Gasteiger partial charge in [-0.25, -0.2) is 0 Å². The fourth-order valence-corrected chi connectivity index (χ4v) is 1.61. The van der Waals surface area contributed by atoms with Crippen LogP contribution < -0.4 is 5.73 Å². The summed E-state index contributed by atoms with van der Waals surface area (Å²) < 4.78 is 5.14. The fraction of sp³-hybridized carbons (Fsp3) is 0.583. The molecule has 0 aliphatic carbocycles. The number of hydrogen-bond acceptors (Lipinski definition) is 4. The van der Waals surface area contributed by atoms with Crippen molar-refractivity contribution >= 4 is 0 Å². The van der Waals surface area contributed by atoms with E-state index in [0.29, 0.717) is 19.2 Å². The first-order valence-corrected chi connectivity index (χ1v) is 5.56. The second kappa shape index (κ2) is 7.33. The number of ether oxygens (including phenoxy) is 1. The lowest BCUT2D eigenvalue weighted by atomic mass is 10.2. The minimum Gasteiger partial charge on any atom is -0.383 e. The molecule has 0 saturated carbocycles. The Balaban J connectivity index is 2.36. The second-order valence-corrected chi connectivity index (χ2v) is 3.93. The van der Waals surface area contributed by atoms with Crippen molar-refractivity contribution in [2.24, 2.45) is 5.73 Å². The largest absolute Gasteiger partial charge is 0.383 e. The number of hydrogen-bond donors (Lipinski definition) is 1. The highest BCUT2D eigenvalue weighted by molar-refractivity contribution is 5.09. The van der Waals surface area contributed by atoms with E-state index in [4.69, 9.17) is 10.5 Å². The third-order valence-corrected chi connectivity index (χ3v) is 2.76. The third kappa shape index (κ3) is 4.26. The van der Waals surface area contributed by atoms with Crippen LogP contribution in [-0.4, -0.2) is 49.8 Å². The molecule has 1 aromatic heterocycles. The van der Waals surface area contributed by atoms with Crippen LogP contribution in [0.25, 0.3) is 0 Å². The van der Waals surface area contributed by atoms with E-state index in [1.165, 1.54) is 5.56 Å². The summed E-state index contributed by atoms with van der Waals surface area (Å²) >= 11 is 0. The smallest absolute Gasteiger partial charge is 0.0630 e. The summed E-state index contributed by atoms with van der Waals surface area (Å²) in [6.07, 6.45) is 4.66. The predicted molar refractivity (Wildman–Crippen MR) is 65.3 cm³/mol. The highest BCUT2D eigenvalue weighted by atomic mass is 16.5. The van der Waals surface area contributed by atoms with E-state index in [1.807, 2.05) is 24.5 Å². The molecule has 4 nitrogen and oxygen atoms in total. The first-order valence-electron chi connectivity index (χ1n) is 5.56. The number of nitrogens with zero attached hydrogens (tertiary/aromatic N) is 2. The number of nitrogens with two attached hydrogens (primary N) is 1. The molecule has 0 aliphatic rings. The molecule has 1 rings (SSSR count). The molecule has 1 heterocycles. The van der Waals surface area contributed by atoms with Gasteiger partial charge in [0.15, 0.2) is 0 Å². The van der Waals surface area contributed by atoms with E-state index >= 15 is 0 Å². The number of likely N-dealkylation sites (N-methyl/N-ethyl adjacent to an activating group) is 1. The van der Waals surface area contributed by atoms with Gasteiger partial charge in [-0.15, -0.1) is 0 Å². The molecule has 0 bridgehead atoms. The standard InChI is InChI=1S/C12H21N3O/c1-15(12(9-13)10-16-2)8-5-11-3-6-14-7-4-11/h3-4,6-7,12H,5,8-10,13H2,1-2H3. The Morgan fingerprint density at radius 3 is 2.69 bits per heavy atom. The van der Waals surface area contributed by atoms with Gasteiger partial charge < -0.3 is 10.5 Å². The minimum absolute atomic E-state index is 0.298. The summed E-state index contributed by atoms with van der Waals surface area (Å²) in [5.74, 6) is 0. The maximum absolute atomic E-state index is 5.70. The van der Waals surface area contributed by atoms with Crippen LogP contribution in [0.3, 0.4) is 0 Å². The van der Waals surface area contributed by atoms with Crippen LogP contribution in [0, 0.1) is 0 Å². The van der Waals surface area contributed by atoms with E-state index in [-0.39, 0.29) is 0 Å². The third-order valence-electron chi connectivity index (χ3n) is 2.76. The van der Waals surface area contributed by atoms with Crippen molar-refractivity contribution in [1.29, 1.82) is 0 Å². The molecule has 0 fully saturated rings. The van der Waals surface area contributed by atoms with Gasteiger partial charge in [0, 0.05) is 38.6 Å². The van der Waals surface area contributed by atoms with Gasteiger partial charge in [-0.1, -0.05) is 0 Å². The first-order chi connectivity index (χ1) is 7.77. The van der Waals surface area contributed by atoms with Crippen LogP contribution in [0.5, 0.6) is 0 Å². The molecule has 1 aromatic rings. The number of methoxy groups -OCH3 is 1. The summed E-state index contributed by atoms with van der Waals surface area (Å²) in [7, 11) is 3.79. The number of rotatable bonds is 7. The van der Waals surface area contributed by atoms with Crippen molar-refractivity contribution in [2.75, 3.05) is 33.9 Å². The van der Waals surface area contributed by atoms with Crippen molar-refractivity contribution in [3.05, 3.63) is 30.1 Å². The van der Waals surface area contributed by atoms with Gasteiger partial charge >= 0.3 is 0 Å². The highest BCUT2D eigenvalue weighted by Crippen LogP contribution is 2.01. The van der Waals surface area contributed by atoms with E-state index in [2.05, 4.69) is 16.9 Å². The molecule has 0 radical (unpaired) electrons. The molecule has 0 spiro atoms. The van der Waals surface area contributed by atoms with E-state index in [1.54, 1.807) is 7.11 Å². The topological polar surface area (TPSA) is 51.4 Å². The van der Waals surface area contributed by atoms with Gasteiger partial charge in [0.1, 0.15) is 0 Å². The molecule has 0 aromatic carbocycles. The fourth-order valence-electron chi connectivity index (χ4n) is 1.61. The lowest BCUT2D eigenvalue weighted by Gasteiger charge is -2.26. The zero-order valence-electron chi connectivity index (χ0n) is 10.1. The lowest BCUT2D eigenvalue weighted by molar-refractivity contribution is 0.111. The van der Waals surface area contributed by atoms with E-state index in [0.717, 1.165) is 13.0 Å². The Labute approximate surface area is 97.4 Å². The highest BCUT2D eigenvalue weighted by Gasteiger charge is 2.11. The van der Waals surface area contributed by atoms with Crippen molar-refractivity contribution < 1.29 is 4.74 Å². The van der Waals surface area contributed by atoms with Gasteiger partial charge in [0.25, 0.3) is 0 Å². The van der Waals surface area contributed by atoms with E-state index < -0.39 is 0 Å².